The first-order valence-electron chi connectivity index (χ1n) is 9.05. The number of unbranched alkanes of at least 4 members (excludes halogenated alkanes) is 1. The number of hydrogen-bond donors (Lipinski definition) is 0. The van der Waals surface area contributed by atoms with Crippen molar-refractivity contribution in [2.45, 2.75) is 52.0 Å². The number of hydrogen-bond acceptors (Lipinski definition) is 4. The van der Waals surface area contributed by atoms with Crippen molar-refractivity contribution in [2.24, 2.45) is 0 Å². The molecule has 0 bridgehead atoms. The van der Waals surface area contributed by atoms with Crippen LogP contribution >= 0.6 is 0 Å². The van der Waals surface area contributed by atoms with Gasteiger partial charge in [0.25, 0.3) is 5.91 Å². The van der Waals surface area contributed by atoms with E-state index >= 15 is 0 Å². The Morgan fingerprint density at radius 2 is 1.96 bits per heavy atom. The lowest BCUT2D eigenvalue weighted by molar-refractivity contribution is -0.135. The van der Waals surface area contributed by atoms with Crippen LogP contribution in [0.25, 0.3) is 0 Å². The van der Waals surface area contributed by atoms with E-state index in [1.807, 2.05) is 24.3 Å². The number of amides is 1. The van der Waals surface area contributed by atoms with Crippen molar-refractivity contribution >= 4 is 15.7 Å². The van der Waals surface area contributed by atoms with Crippen molar-refractivity contribution < 1.29 is 17.9 Å². The van der Waals surface area contributed by atoms with E-state index in [4.69, 9.17) is 4.74 Å². The fourth-order valence-corrected chi connectivity index (χ4v) is 4.77. The highest BCUT2D eigenvalue weighted by Gasteiger charge is 2.34. The molecule has 1 amide bonds. The third kappa shape index (κ3) is 5.73. The first-order chi connectivity index (χ1) is 11.8. The second kappa shape index (κ2) is 8.70. The van der Waals surface area contributed by atoms with Crippen molar-refractivity contribution in [3.8, 4) is 5.75 Å². The van der Waals surface area contributed by atoms with Gasteiger partial charge < -0.3 is 9.64 Å². The van der Waals surface area contributed by atoms with Gasteiger partial charge in [-0.05, 0) is 36.5 Å². The highest BCUT2D eigenvalue weighted by atomic mass is 32.2. The second-order valence-corrected chi connectivity index (χ2v) is 9.24. The van der Waals surface area contributed by atoms with Crippen molar-refractivity contribution in [1.29, 1.82) is 0 Å². The van der Waals surface area contributed by atoms with Gasteiger partial charge in [0.2, 0.25) is 0 Å². The first-order valence-corrected chi connectivity index (χ1v) is 10.9. The van der Waals surface area contributed by atoms with E-state index in [0.29, 0.717) is 24.6 Å². The summed E-state index contributed by atoms with van der Waals surface area (Å²) < 4.78 is 29.1. The largest absolute Gasteiger partial charge is 0.484 e. The van der Waals surface area contributed by atoms with E-state index in [2.05, 4.69) is 20.8 Å². The molecular formula is C19H29NO4S. The van der Waals surface area contributed by atoms with Gasteiger partial charge in [0.15, 0.2) is 16.4 Å². The van der Waals surface area contributed by atoms with Crippen LogP contribution in [0.15, 0.2) is 24.3 Å². The van der Waals surface area contributed by atoms with Crippen LogP contribution in [0.5, 0.6) is 5.75 Å². The maximum Gasteiger partial charge on any atom is 0.260 e. The Balaban J connectivity index is 1.96. The third-order valence-corrected chi connectivity index (χ3v) is 6.38. The molecule has 1 heterocycles. The molecule has 0 aliphatic carbocycles. The summed E-state index contributed by atoms with van der Waals surface area (Å²) in [6, 6.07) is 7.54. The average Bonchev–Trinajstić information content (AvgIpc) is 2.93. The first kappa shape index (κ1) is 19.8. The van der Waals surface area contributed by atoms with Crippen LogP contribution in [0.3, 0.4) is 0 Å². The minimum atomic E-state index is -3.01. The molecule has 1 aliphatic rings. The summed E-state index contributed by atoms with van der Waals surface area (Å²) in [7, 11) is -3.01. The number of carbonyl (C=O) groups excluding carboxylic acids is 1. The van der Waals surface area contributed by atoms with Crippen LogP contribution in [0, 0.1) is 0 Å². The number of ether oxygens (including phenoxy) is 1. The predicted octanol–water partition coefficient (Wildman–Crippen LogP) is 3.00. The van der Waals surface area contributed by atoms with Crippen molar-refractivity contribution in [2.75, 3.05) is 24.7 Å². The molecule has 1 unspecified atom stereocenters. The summed E-state index contributed by atoms with van der Waals surface area (Å²) >= 11 is 0. The van der Waals surface area contributed by atoms with Crippen molar-refractivity contribution in [3.05, 3.63) is 29.8 Å². The molecule has 0 radical (unpaired) electrons. The van der Waals surface area contributed by atoms with Crippen LogP contribution in [0.2, 0.25) is 0 Å². The van der Waals surface area contributed by atoms with Gasteiger partial charge in [0.1, 0.15) is 5.75 Å². The van der Waals surface area contributed by atoms with Crippen LogP contribution < -0.4 is 4.74 Å². The minimum Gasteiger partial charge on any atom is -0.484 e. The van der Waals surface area contributed by atoms with E-state index in [0.717, 1.165) is 12.8 Å². The molecule has 25 heavy (non-hydrogen) atoms. The maximum atomic E-state index is 12.6. The molecule has 0 aromatic heterocycles. The van der Waals surface area contributed by atoms with Crippen LogP contribution in [0.1, 0.15) is 51.5 Å². The third-order valence-electron chi connectivity index (χ3n) is 4.63. The number of sulfone groups is 1. The molecule has 1 fully saturated rings. The van der Waals surface area contributed by atoms with Gasteiger partial charge in [-0.2, -0.15) is 0 Å². The van der Waals surface area contributed by atoms with Gasteiger partial charge >= 0.3 is 0 Å². The molecule has 0 saturated carbocycles. The SMILES string of the molecule is CCCCN(C(=O)COc1ccc(C(C)C)cc1)C1CCS(=O)(=O)C1. The zero-order valence-corrected chi connectivity index (χ0v) is 16.2. The normalized spacial score (nSPS) is 19.1. The summed E-state index contributed by atoms with van der Waals surface area (Å²) in [4.78, 5) is 14.3. The highest BCUT2D eigenvalue weighted by Crippen LogP contribution is 2.21. The standard InChI is InChI=1S/C19H29NO4S/c1-4-5-11-20(17-10-12-25(22,23)14-17)19(21)13-24-18-8-6-16(7-9-18)15(2)3/h6-9,15,17H,4-5,10-14H2,1-3H3. The van der Waals surface area contributed by atoms with Crippen LogP contribution in [-0.4, -0.2) is 49.9 Å². The molecule has 5 nitrogen and oxygen atoms in total. The van der Waals surface area contributed by atoms with Gasteiger partial charge in [-0.25, -0.2) is 8.42 Å². The number of benzene rings is 1. The minimum absolute atomic E-state index is 0.0543. The van der Waals surface area contributed by atoms with Gasteiger partial charge in [-0.3, -0.25) is 4.79 Å². The van der Waals surface area contributed by atoms with E-state index < -0.39 is 9.84 Å². The Kier molecular flexibility index (Phi) is 6.87. The second-order valence-electron chi connectivity index (χ2n) is 7.01. The Labute approximate surface area is 151 Å². The zero-order valence-electron chi connectivity index (χ0n) is 15.4. The quantitative estimate of drug-likeness (QED) is 0.708. The Morgan fingerprint density at radius 3 is 2.48 bits per heavy atom. The van der Waals surface area contributed by atoms with E-state index in [9.17, 15) is 13.2 Å². The van der Waals surface area contributed by atoms with Gasteiger partial charge in [0, 0.05) is 12.6 Å². The molecule has 6 heteroatoms. The molecule has 1 aromatic carbocycles. The Morgan fingerprint density at radius 1 is 1.28 bits per heavy atom. The maximum absolute atomic E-state index is 12.6. The molecule has 1 aliphatic heterocycles. The smallest absolute Gasteiger partial charge is 0.260 e. The summed E-state index contributed by atoms with van der Waals surface area (Å²) in [5, 5.41) is 0. The van der Waals surface area contributed by atoms with E-state index in [-0.39, 0.29) is 30.1 Å². The van der Waals surface area contributed by atoms with Crippen LogP contribution in [-0.2, 0) is 14.6 Å². The zero-order chi connectivity index (χ0) is 18.4. The predicted molar refractivity (Wildman–Crippen MR) is 99.7 cm³/mol. The molecule has 0 spiro atoms. The van der Waals surface area contributed by atoms with Crippen molar-refractivity contribution in [3.63, 3.8) is 0 Å². The summed E-state index contributed by atoms with van der Waals surface area (Å²) in [5.41, 5.74) is 1.22. The van der Waals surface area contributed by atoms with Gasteiger partial charge in [-0.1, -0.05) is 39.3 Å². The summed E-state index contributed by atoms with van der Waals surface area (Å²) in [5.74, 6) is 1.22. The fourth-order valence-electron chi connectivity index (χ4n) is 3.04. The molecule has 0 N–H and O–H groups in total. The number of nitrogens with zero attached hydrogens (tertiary/aromatic N) is 1. The summed E-state index contributed by atoms with van der Waals surface area (Å²) in [6.07, 6.45) is 2.35. The fraction of sp³-hybridized carbons (Fsp3) is 0.632. The number of rotatable bonds is 8. The lowest BCUT2D eigenvalue weighted by atomic mass is 10.0. The summed E-state index contributed by atoms with van der Waals surface area (Å²) in [6.45, 7) is 6.84. The molecule has 1 aromatic rings. The van der Waals surface area contributed by atoms with Crippen LogP contribution in [0.4, 0.5) is 0 Å². The molecule has 1 saturated heterocycles. The monoisotopic (exact) mass is 367 g/mol. The van der Waals surface area contributed by atoms with Crippen molar-refractivity contribution in [1.82, 2.24) is 4.90 Å². The molecule has 2 rings (SSSR count). The highest BCUT2D eigenvalue weighted by molar-refractivity contribution is 7.91. The Hall–Kier alpha value is -1.56. The lowest BCUT2D eigenvalue weighted by Gasteiger charge is -2.28. The van der Waals surface area contributed by atoms with E-state index in [1.165, 1.54) is 5.56 Å². The lowest BCUT2D eigenvalue weighted by Crippen LogP contribution is -2.44. The van der Waals surface area contributed by atoms with Gasteiger partial charge in [-0.15, -0.1) is 0 Å². The Bertz CT molecular complexity index is 667. The average molecular weight is 368 g/mol. The van der Waals surface area contributed by atoms with E-state index in [1.54, 1.807) is 4.90 Å². The molecular weight excluding hydrogens is 338 g/mol. The number of carbonyl (C=O) groups is 1. The molecule has 1 atom stereocenters. The van der Waals surface area contributed by atoms with Gasteiger partial charge in [0.05, 0.1) is 11.5 Å². The topological polar surface area (TPSA) is 63.7 Å². The molecule has 140 valence electrons.